The summed E-state index contributed by atoms with van der Waals surface area (Å²) in [7, 11) is 0. The molecule has 0 saturated carbocycles. The number of thiazole rings is 1. The average Bonchev–Trinajstić information content (AvgIpc) is 2.87. The summed E-state index contributed by atoms with van der Waals surface area (Å²) in [6.07, 6.45) is 6.02. The molecule has 0 radical (unpaired) electrons. The van der Waals surface area contributed by atoms with Gasteiger partial charge in [-0.3, -0.25) is 5.10 Å². The van der Waals surface area contributed by atoms with Crippen molar-refractivity contribution >= 4 is 22.2 Å². The first-order valence-electron chi connectivity index (χ1n) is 5.30. The van der Waals surface area contributed by atoms with Crippen molar-refractivity contribution in [2.75, 3.05) is 17.2 Å². The van der Waals surface area contributed by atoms with E-state index in [-0.39, 0.29) is 0 Å². The molecule has 0 unspecified atom stereocenters. The highest BCUT2D eigenvalue weighted by atomic mass is 32.1. The lowest BCUT2D eigenvalue weighted by atomic mass is 10.1. The maximum absolute atomic E-state index is 5.63. The van der Waals surface area contributed by atoms with E-state index in [0.29, 0.717) is 5.13 Å². The van der Waals surface area contributed by atoms with Crippen molar-refractivity contribution in [3.05, 3.63) is 23.0 Å². The van der Waals surface area contributed by atoms with Crippen LogP contribution in [0.5, 0.6) is 0 Å². The van der Waals surface area contributed by atoms with Crippen LogP contribution in [0.2, 0.25) is 0 Å². The van der Waals surface area contributed by atoms with Crippen LogP contribution in [0.4, 0.5) is 10.8 Å². The summed E-state index contributed by atoms with van der Waals surface area (Å²) >= 11 is 1.55. The standard InChI is InChI=1S/C10H13N5S/c11-10-12-4-7(16-10)6-15-3-1-2-8-9(15)5-13-14-8/h4-5H,1-3,6H2,(H2,11,12)(H,13,14). The predicted molar refractivity (Wildman–Crippen MR) is 64.5 cm³/mol. The number of nitrogens with one attached hydrogen (secondary N) is 1. The highest BCUT2D eigenvalue weighted by Gasteiger charge is 2.19. The Hall–Kier alpha value is -1.56. The molecule has 1 aliphatic heterocycles. The van der Waals surface area contributed by atoms with E-state index in [0.717, 1.165) is 19.5 Å². The van der Waals surface area contributed by atoms with Gasteiger partial charge in [0.25, 0.3) is 0 Å². The molecular formula is C10H13N5S. The van der Waals surface area contributed by atoms with Crippen LogP contribution in [-0.2, 0) is 13.0 Å². The monoisotopic (exact) mass is 235 g/mol. The number of fused-ring (bicyclic) bond motifs is 1. The van der Waals surface area contributed by atoms with Crippen LogP contribution >= 0.6 is 11.3 Å². The minimum absolute atomic E-state index is 0.638. The van der Waals surface area contributed by atoms with E-state index in [4.69, 9.17) is 5.73 Å². The smallest absolute Gasteiger partial charge is 0.180 e. The summed E-state index contributed by atoms with van der Waals surface area (Å²) < 4.78 is 0. The summed E-state index contributed by atoms with van der Waals surface area (Å²) in [4.78, 5) is 7.60. The third-order valence-corrected chi connectivity index (χ3v) is 3.62. The minimum Gasteiger partial charge on any atom is -0.375 e. The van der Waals surface area contributed by atoms with Crippen LogP contribution in [0.1, 0.15) is 17.0 Å². The van der Waals surface area contributed by atoms with Crippen molar-refractivity contribution in [3.63, 3.8) is 0 Å². The third-order valence-electron chi connectivity index (χ3n) is 2.81. The molecule has 2 aromatic heterocycles. The minimum atomic E-state index is 0.638. The lowest BCUT2D eigenvalue weighted by Crippen LogP contribution is -2.27. The highest BCUT2D eigenvalue weighted by molar-refractivity contribution is 7.15. The fraction of sp³-hybridized carbons (Fsp3) is 0.400. The van der Waals surface area contributed by atoms with Gasteiger partial charge < -0.3 is 10.6 Å². The SMILES string of the molecule is Nc1ncc(CN2CCCc3[nH]ncc32)s1. The van der Waals surface area contributed by atoms with Gasteiger partial charge in [0.15, 0.2) is 5.13 Å². The van der Waals surface area contributed by atoms with E-state index < -0.39 is 0 Å². The molecule has 0 aromatic carbocycles. The van der Waals surface area contributed by atoms with E-state index in [1.54, 1.807) is 11.3 Å². The van der Waals surface area contributed by atoms with Gasteiger partial charge in [0.05, 0.1) is 24.1 Å². The van der Waals surface area contributed by atoms with Crippen molar-refractivity contribution in [2.24, 2.45) is 0 Å². The second-order valence-electron chi connectivity index (χ2n) is 3.92. The number of nitrogen functional groups attached to an aromatic ring is 1. The molecule has 0 aliphatic carbocycles. The molecule has 3 N–H and O–H groups in total. The Labute approximate surface area is 97.3 Å². The molecule has 3 heterocycles. The van der Waals surface area contributed by atoms with E-state index in [2.05, 4.69) is 20.1 Å². The quantitative estimate of drug-likeness (QED) is 0.825. The van der Waals surface area contributed by atoms with Crippen molar-refractivity contribution < 1.29 is 0 Å². The highest BCUT2D eigenvalue weighted by Crippen LogP contribution is 2.27. The normalized spacial score (nSPS) is 15.1. The van der Waals surface area contributed by atoms with Gasteiger partial charge in [-0.1, -0.05) is 0 Å². The zero-order valence-electron chi connectivity index (χ0n) is 8.81. The largest absolute Gasteiger partial charge is 0.375 e. The molecule has 0 spiro atoms. The Morgan fingerprint density at radius 2 is 2.44 bits per heavy atom. The van der Waals surface area contributed by atoms with Crippen LogP contribution in [0.15, 0.2) is 12.4 Å². The van der Waals surface area contributed by atoms with Gasteiger partial charge in [0, 0.05) is 17.6 Å². The number of anilines is 2. The van der Waals surface area contributed by atoms with E-state index in [1.165, 1.54) is 22.7 Å². The summed E-state index contributed by atoms with van der Waals surface area (Å²) in [5.74, 6) is 0. The Kier molecular flexibility index (Phi) is 2.28. The number of hydrogen-bond donors (Lipinski definition) is 2. The van der Waals surface area contributed by atoms with Crippen molar-refractivity contribution in [1.82, 2.24) is 15.2 Å². The zero-order valence-corrected chi connectivity index (χ0v) is 9.63. The number of H-pyrrole nitrogens is 1. The Bertz CT molecular complexity index is 489. The summed E-state index contributed by atoms with van der Waals surface area (Å²) in [6, 6.07) is 0. The molecule has 0 fully saturated rings. The Morgan fingerprint density at radius 1 is 1.50 bits per heavy atom. The van der Waals surface area contributed by atoms with Crippen LogP contribution in [0, 0.1) is 0 Å². The van der Waals surface area contributed by atoms with Gasteiger partial charge in [-0.25, -0.2) is 4.98 Å². The van der Waals surface area contributed by atoms with Crippen LogP contribution in [-0.4, -0.2) is 21.7 Å². The third kappa shape index (κ3) is 1.65. The van der Waals surface area contributed by atoms with Gasteiger partial charge in [-0.15, -0.1) is 11.3 Å². The van der Waals surface area contributed by atoms with Gasteiger partial charge >= 0.3 is 0 Å². The molecule has 0 atom stereocenters. The second kappa shape index (κ2) is 3.79. The van der Waals surface area contributed by atoms with Crippen LogP contribution < -0.4 is 10.6 Å². The molecule has 3 rings (SSSR count). The number of rotatable bonds is 2. The van der Waals surface area contributed by atoms with E-state index in [1.807, 2.05) is 12.4 Å². The van der Waals surface area contributed by atoms with Crippen molar-refractivity contribution in [2.45, 2.75) is 19.4 Å². The van der Waals surface area contributed by atoms with Crippen LogP contribution in [0.3, 0.4) is 0 Å². The lowest BCUT2D eigenvalue weighted by molar-refractivity contribution is 0.685. The molecule has 84 valence electrons. The Morgan fingerprint density at radius 3 is 3.25 bits per heavy atom. The van der Waals surface area contributed by atoms with E-state index in [9.17, 15) is 0 Å². The number of aromatic nitrogens is 3. The van der Waals surface area contributed by atoms with Gasteiger partial charge in [-0.2, -0.15) is 5.10 Å². The molecule has 0 bridgehead atoms. The van der Waals surface area contributed by atoms with Crippen LogP contribution in [0.25, 0.3) is 0 Å². The summed E-state index contributed by atoms with van der Waals surface area (Å²) in [6.45, 7) is 1.95. The fourth-order valence-electron chi connectivity index (χ4n) is 2.08. The Balaban J connectivity index is 1.82. The lowest BCUT2D eigenvalue weighted by Gasteiger charge is -2.27. The topological polar surface area (TPSA) is 70.8 Å². The average molecular weight is 235 g/mol. The predicted octanol–water partition coefficient (Wildman–Crippen LogP) is 1.40. The summed E-state index contributed by atoms with van der Waals surface area (Å²) in [5.41, 5.74) is 8.09. The molecular weight excluding hydrogens is 222 g/mol. The molecule has 5 nitrogen and oxygen atoms in total. The maximum Gasteiger partial charge on any atom is 0.180 e. The molecule has 6 heteroatoms. The molecule has 1 aliphatic rings. The first-order valence-corrected chi connectivity index (χ1v) is 6.12. The zero-order chi connectivity index (χ0) is 11.0. The van der Waals surface area contributed by atoms with Gasteiger partial charge in [0.1, 0.15) is 0 Å². The number of nitrogens with two attached hydrogens (primary N) is 1. The maximum atomic E-state index is 5.63. The first-order chi connectivity index (χ1) is 7.83. The van der Waals surface area contributed by atoms with Crippen molar-refractivity contribution in [3.8, 4) is 0 Å². The first kappa shape index (κ1) is 9.65. The van der Waals surface area contributed by atoms with Gasteiger partial charge in [0.2, 0.25) is 0 Å². The number of hydrogen-bond acceptors (Lipinski definition) is 5. The molecule has 0 saturated heterocycles. The number of aryl methyl sites for hydroxylation is 1. The molecule has 0 amide bonds. The summed E-state index contributed by atoms with van der Waals surface area (Å²) in [5, 5.41) is 7.79. The molecule has 16 heavy (non-hydrogen) atoms. The van der Waals surface area contributed by atoms with E-state index >= 15 is 0 Å². The molecule has 2 aromatic rings. The second-order valence-corrected chi connectivity index (χ2v) is 5.07. The number of aromatic amines is 1. The fourth-order valence-corrected chi connectivity index (χ4v) is 2.78. The van der Waals surface area contributed by atoms with Gasteiger partial charge in [-0.05, 0) is 12.8 Å². The van der Waals surface area contributed by atoms with Crippen molar-refractivity contribution in [1.29, 1.82) is 0 Å². The number of nitrogens with zero attached hydrogens (tertiary/aromatic N) is 3.